The van der Waals surface area contributed by atoms with Crippen molar-refractivity contribution in [1.29, 1.82) is 0 Å². The van der Waals surface area contributed by atoms with E-state index in [4.69, 9.17) is 16.3 Å². The molecule has 9 heteroatoms. The molecule has 0 saturated carbocycles. The smallest absolute Gasteiger partial charge is 0.272 e. The summed E-state index contributed by atoms with van der Waals surface area (Å²) in [5.74, 6) is 0.365. The van der Waals surface area contributed by atoms with Gasteiger partial charge in [-0.15, -0.1) is 0 Å². The van der Waals surface area contributed by atoms with E-state index in [1.165, 1.54) is 4.68 Å². The second kappa shape index (κ2) is 7.71. The molecule has 3 rings (SSSR count). The van der Waals surface area contributed by atoms with Gasteiger partial charge in [-0.1, -0.05) is 17.7 Å². The summed E-state index contributed by atoms with van der Waals surface area (Å²) < 4.78 is 9.66. The Labute approximate surface area is 157 Å². The van der Waals surface area contributed by atoms with E-state index in [1.807, 2.05) is 7.05 Å². The van der Waals surface area contributed by atoms with Gasteiger partial charge in [-0.2, -0.15) is 10.2 Å². The third kappa shape index (κ3) is 4.40. The van der Waals surface area contributed by atoms with Crippen LogP contribution in [-0.4, -0.2) is 25.5 Å². The molecule has 0 fully saturated rings. The van der Waals surface area contributed by atoms with Gasteiger partial charge < -0.3 is 10.1 Å². The van der Waals surface area contributed by atoms with Crippen molar-refractivity contribution >= 4 is 33.4 Å². The average Bonchev–Trinajstić information content (AvgIpc) is 3.19. The van der Waals surface area contributed by atoms with E-state index in [-0.39, 0.29) is 12.6 Å². The fourth-order valence-electron chi connectivity index (χ4n) is 2.14. The molecule has 0 atom stereocenters. The van der Waals surface area contributed by atoms with Gasteiger partial charge in [-0.3, -0.25) is 9.48 Å². The van der Waals surface area contributed by atoms with E-state index in [2.05, 4.69) is 31.4 Å². The van der Waals surface area contributed by atoms with Crippen LogP contribution in [0.15, 0.2) is 47.2 Å². The number of halogens is 2. The van der Waals surface area contributed by atoms with Gasteiger partial charge in [0.05, 0.1) is 22.9 Å². The standard InChI is InChI=1S/C16H15BrClN5O2/c1-22-15(13(17)8-20-22)9-19-16(24)14-5-6-23(21-14)10-25-12-4-2-3-11(18)7-12/h2-8H,9-10H2,1H3,(H,19,24). The van der Waals surface area contributed by atoms with Crippen molar-refractivity contribution in [3.8, 4) is 5.75 Å². The number of aryl methyl sites for hydroxylation is 1. The number of carbonyl (C=O) groups excluding carboxylic acids is 1. The van der Waals surface area contributed by atoms with Gasteiger partial charge in [0, 0.05) is 18.3 Å². The normalized spacial score (nSPS) is 10.7. The number of hydrogen-bond donors (Lipinski definition) is 1. The molecule has 0 spiro atoms. The molecule has 25 heavy (non-hydrogen) atoms. The SMILES string of the molecule is Cn1ncc(Br)c1CNC(=O)c1ccn(COc2cccc(Cl)c2)n1. The number of rotatable bonds is 6. The monoisotopic (exact) mass is 423 g/mol. The average molecular weight is 425 g/mol. The minimum atomic E-state index is -0.269. The van der Waals surface area contributed by atoms with Crippen LogP contribution in [0.1, 0.15) is 16.2 Å². The number of nitrogens with zero attached hydrogens (tertiary/aromatic N) is 4. The van der Waals surface area contributed by atoms with Crippen LogP contribution in [0.2, 0.25) is 5.02 Å². The maximum absolute atomic E-state index is 12.2. The molecule has 0 saturated heterocycles. The van der Waals surface area contributed by atoms with Crippen LogP contribution in [0.5, 0.6) is 5.75 Å². The Bertz CT molecular complexity index is 873. The molecule has 2 heterocycles. The summed E-state index contributed by atoms with van der Waals surface area (Å²) in [7, 11) is 1.81. The molecule has 3 aromatic rings. The Hall–Kier alpha value is -2.32. The Morgan fingerprint density at radius 3 is 2.96 bits per heavy atom. The largest absolute Gasteiger partial charge is 0.471 e. The summed E-state index contributed by atoms with van der Waals surface area (Å²) in [6, 6.07) is 8.72. The Morgan fingerprint density at radius 1 is 1.40 bits per heavy atom. The van der Waals surface area contributed by atoms with Crippen LogP contribution in [-0.2, 0) is 20.3 Å². The summed E-state index contributed by atoms with van der Waals surface area (Å²) in [6.45, 7) is 0.530. The van der Waals surface area contributed by atoms with Crippen LogP contribution in [0.4, 0.5) is 0 Å². The number of nitrogens with one attached hydrogen (secondary N) is 1. The van der Waals surface area contributed by atoms with Crippen molar-refractivity contribution in [1.82, 2.24) is 24.9 Å². The minimum absolute atomic E-state index is 0.181. The van der Waals surface area contributed by atoms with Gasteiger partial charge in [-0.25, -0.2) is 4.68 Å². The van der Waals surface area contributed by atoms with E-state index in [0.29, 0.717) is 23.0 Å². The maximum atomic E-state index is 12.2. The van der Waals surface area contributed by atoms with Crippen LogP contribution in [0.3, 0.4) is 0 Å². The lowest BCUT2D eigenvalue weighted by molar-refractivity contribution is 0.0943. The Morgan fingerprint density at radius 2 is 2.24 bits per heavy atom. The Kier molecular flexibility index (Phi) is 5.40. The number of aromatic nitrogens is 4. The molecule has 2 aromatic heterocycles. The van der Waals surface area contributed by atoms with E-state index >= 15 is 0 Å². The molecule has 1 amide bonds. The number of amides is 1. The predicted molar refractivity (Wildman–Crippen MR) is 96.4 cm³/mol. The molecule has 1 N–H and O–H groups in total. The van der Waals surface area contributed by atoms with E-state index in [0.717, 1.165) is 10.2 Å². The second-order valence-electron chi connectivity index (χ2n) is 5.22. The molecular formula is C16H15BrClN5O2. The molecule has 7 nitrogen and oxygen atoms in total. The van der Waals surface area contributed by atoms with Crippen molar-refractivity contribution in [2.24, 2.45) is 7.05 Å². The summed E-state index contributed by atoms with van der Waals surface area (Å²) in [6.07, 6.45) is 3.36. The number of benzene rings is 1. The zero-order valence-corrected chi connectivity index (χ0v) is 15.7. The number of carbonyl (C=O) groups is 1. The highest BCUT2D eigenvalue weighted by Crippen LogP contribution is 2.17. The highest BCUT2D eigenvalue weighted by atomic mass is 79.9. The molecule has 0 aliphatic carbocycles. The van der Waals surface area contributed by atoms with Gasteiger partial charge in [0.25, 0.3) is 5.91 Å². The lowest BCUT2D eigenvalue weighted by Gasteiger charge is -2.06. The highest BCUT2D eigenvalue weighted by Gasteiger charge is 2.12. The molecule has 130 valence electrons. The third-order valence-corrected chi connectivity index (χ3v) is 4.36. The molecular weight excluding hydrogens is 410 g/mol. The zero-order valence-electron chi connectivity index (χ0n) is 13.3. The first-order valence-electron chi connectivity index (χ1n) is 7.39. The van der Waals surface area contributed by atoms with Crippen LogP contribution < -0.4 is 10.1 Å². The summed E-state index contributed by atoms with van der Waals surface area (Å²) in [5.41, 5.74) is 1.19. The third-order valence-electron chi connectivity index (χ3n) is 3.46. The highest BCUT2D eigenvalue weighted by molar-refractivity contribution is 9.10. The fraction of sp³-hybridized carbons (Fsp3) is 0.188. The fourth-order valence-corrected chi connectivity index (χ4v) is 2.81. The van der Waals surface area contributed by atoms with Gasteiger partial charge >= 0.3 is 0 Å². The topological polar surface area (TPSA) is 74.0 Å². The minimum Gasteiger partial charge on any atom is -0.471 e. The lowest BCUT2D eigenvalue weighted by Crippen LogP contribution is -2.25. The molecule has 1 aromatic carbocycles. The molecule has 0 aliphatic heterocycles. The van der Waals surface area contributed by atoms with Gasteiger partial charge in [0.2, 0.25) is 0 Å². The van der Waals surface area contributed by atoms with Crippen molar-refractivity contribution in [3.63, 3.8) is 0 Å². The van der Waals surface area contributed by atoms with E-state index in [9.17, 15) is 4.79 Å². The maximum Gasteiger partial charge on any atom is 0.272 e. The first kappa shape index (κ1) is 17.5. The molecule has 0 bridgehead atoms. The molecule has 0 radical (unpaired) electrons. The van der Waals surface area contributed by atoms with Gasteiger partial charge in [0.15, 0.2) is 6.73 Å². The second-order valence-corrected chi connectivity index (χ2v) is 6.51. The van der Waals surface area contributed by atoms with Gasteiger partial charge in [0.1, 0.15) is 11.4 Å². The first-order chi connectivity index (χ1) is 12.0. The lowest BCUT2D eigenvalue weighted by atomic mass is 10.3. The quantitative estimate of drug-likeness (QED) is 0.660. The van der Waals surface area contributed by atoms with Gasteiger partial charge in [-0.05, 0) is 40.2 Å². The van der Waals surface area contributed by atoms with Crippen molar-refractivity contribution in [3.05, 3.63) is 63.6 Å². The number of ether oxygens (including phenoxy) is 1. The van der Waals surface area contributed by atoms with Crippen LogP contribution >= 0.6 is 27.5 Å². The van der Waals surface area contributed by atoms with Crippen molar-refractivity contribution in [2.45, 2.75) is 13.3 Å². The molecule has 0 aliphatic rings. The van der Waals surface area contributed by atoms with E-state index in [1.54, 1.807) is 47.4 Å². The summed E-state index contributed by atoms with van der Waals surface area (Å²) >= 11 is 9.30. The number of hydrogen-bond acceptors (Lipinski definition) is 4. The summed E-state index contributed by atoms with van der Waals surface area (Å²) in [5, 5.41) is 11.7. The zero-order chi connectivity index (χ0) is 17.8. The molecule has 0 unspecified atom stereocenters. The van der Waals surface area contributed by atoms with E-state index < -0.39 is 0 Å². The van der Waals surface area contributed by atoms with Crippen molar-refractivity contribution < 1.29 is 9.53 Å². The first-order valence-corrected chi connectivity index (χ1v) is 8.56. The Balaban J connectivity index is 1.56. The van der Waals surface area contributed by atoms with Crippen LogP contribution in [0.25, 0.3) is 0 Å². The van der Waals surface area contributed by atoms with Crippen molar-refractivity contribution in [2.75, 3.05) is 0 Å². The predicted octanol–water partition coefficient (Wildman–Crippen LogP) is 3.00. The summed E-state index contributed by atoms with van der Waals surface area (Å²) in [4.78, 5) is 12.2. The van der Waals surface area contributed by atoms with Crippen LogP contribution in [0, 0.1) is 0 Å².